The summed E-state index contributed by atoms with van der Waals surface area (Å²) in [4.78, 5) is 0. The second kappa shape index (κ2) is 6.00. The molecule has 1 aliphatic carbocycles. The van der Waals surface area contributed by atoms with Crippen molar-refractivity contribution in [3.05, 3.63) is 29.3 Å². The summed E-state index contributed by atoms with van der Waals surface area (Å²) in [5.74, 6) is 1.88. The predicted octanol–water partition coefficient (Wildman–Crippen LogP) is 4.63. The van der Waals surface area contributed by atoms with Gasteiger partial charge in [0.2, 0.25) is 0 Å². The van der Waals surface area contributed by atoms with Crippen LogP contribution < -0.4 is 10.1 Å². The first kappa shape index (κ1) is 14.9. The third-order valence-electron chi connectivity index (χ3n) is 4.99. The SMILES string of the molecule is CCNC(c1ccc2c(c1)CC(C)(C)O2)C1CCCCC1. The normalized spacial score (nSPS) is 22.6. The molecule has 0 saturated heterocycles. The lowest BCUT2D eigenvalue weighted by atomic mass is 9.80. The molecule has 2 nitrogen and oxygen atoms in total. The van der Waals surface area contributed by atoms with E-state index in [2.05, 4.69) is 44.3 Å². The summed E-state index contributed by atoms with van der Waals surface area (Å²) >= 11 is 0. The highest BCUT2D eigenvalue weighted by Crippen LogP contribution is 2.39. The summed E-state index contributed by atoms with van der Waals surface area (Å²) in [6, 6.07) is 7.38. The van der Waals surface area contributed by atoms with Crippen molar-refractivity contribution in [1.82, 2.24) is 5.32 Å². The molecule has 2 aliphatic rings. The van der Waals surface area contributed by atoms with Crippen LogP contribution >= 0.6 is 0 Å². The highest BCUT2D eigenvalue weighted by atomic mass is 16.5. The molecule has 1 unspecified atom stereocenters. The number of benzene rings is 1. The van der Waals surface area contributed by atoms with E-state index >= 15 is 0 Å². The van der Waals surface area contributed by atoms with Gasteiger partial charge in [0.05, 0.1) is 0 Å². The number of nitrogens with one attached hydrogen (secondary N) is 1. The van der Waals surface area contributed by atoms with E-state index in [0.717, 1.165) is 24.6 Å². The van der Waals surface area contributed by atoms with Crippen molar-refractivity contribution in [2.75, 3.05) is 6.54 Å². The number of hydrogen-bond acceptors (Lipinski definition) is 2. The summed E-state index contributed by atoms with van der Waals surface area (Å²) in [6.45, 7) is 7.61. The summed E-state index contributed by atoms with van der Waals surface area (Å²) in [5.41, 5.74) is 2.81. The predicted molar refractivity (Wildman–Crippen MR) is 87.8 cm³/mol. The number of ether oxygens (including phenoxy) is 1. The minimum absolute atomic E-state index is 0.0422. The van der Waals surface area contributed by atoms with Crippen LogP contribution in [-0.4, -0.2) is 12.1 Å². The van der Waals surface area contributed by atoms with Crippen molar-refractivity contribution >= 4 is 0 Å². The molecule has 21 heavy (non-hydrogen) atoms. The fraction of sp³-hybridized carbons (Fsp3) is 0.684. The lowest BCUT2D eigenvalue weighted by molar-refractivity contribution is 0.138. The van der Waals surface area contributed by atoms with Gasteiger partial charge < -0.3 is 10.1 Å². The van der Waals surface area contributed by atoms with Gasteiger partial charge in [-0.15, -0.1) is 0 Å². The van der Waals surface area contributed by atoms with E-state index in [4.69, 9.17) is 4.74 Å². The van der Waals surface area contributed by atoms with Gasteiger partial charge in [0.15, 0.2) is 0 Å². The van der Waals surface area contributed by atoms with E-state index in [9.17, 15) is 0 Å². The summed E-state index contributed by atoms with van der Waals surface area (Å²) < 4.78 is 6.01. The van der Waals surface area contributed by atoms with Crippen LogP contribution in [0.4, 0.5) is 0 Å². The molecule has 0 bridgehead atoms. The summed E-state index contributed by atoms with van der Waals surface area (Å²) in [7, 11) is 0. The Balaban J connectivity index is 1.83. The summed E-state index contributed by atoms with van der Waals surface area (Å²) in [6.07, 6.45) is 7.98. The maximum Gasteiger partial charge on any atom is 0.123 e. The van der Waals surface area contributed by atoms with Gasteiger partial charge in [-0.1, -0.05) is 38.3 Å². The van der Waals surface area contributed by atoms with Crippen molar-refractivity contribution in [1.29, 1.82) is 0 Å². The third kappa shape index (κ3) is 3.26. The van der Waals surface area contributed by atoms with Crippen LogP contribution in [0.25, 0.3) is 0 Å². The number of fused-ring (bicyclic) bond motifs is 1. The highest BCUT2D eigenvalue weighted by molar-refractivity contribution is 5.42. The fourth-order valence-corrected chi connectivity index (χ4v) is 4.07. The van der Waals surface area contributed by atoms with Gasteiger partial charge in [-0.25, -0.2) is 0 Å². The Labute approximate surface area is 129 Å². The van der Waals surface area contributed by atoms with Gasteiger partial charge in [-0.2, -0.15) is 0 Å². The summed E-state index contributed by atoms with van der Waals surface area (Å²) in [5, 5.41) is 3.74. The molecule has 1 atom stereocenters. The van der Waals surface area contributed by atoms with E-state index < -0.39 is 0 Å². The van der Waals surface area contributed by atoms with Gasteiger partial charge in [-0.05, 0) is 56.3 Å². The molecular formula is C19H29NO. The smallest absolute Gasteiger partial charge is 0.123 e. The number of hydrogen-bond donors (Lipinski definition) is 1. The van der Waals surface area contributed by atoms with Gasteiger partial charge in [-0.3, -0.25) is 0 Å². The molecule has 0 radical (unpaired) electrons. The van der Waals surface area contributed by atoms with Crippen LogP contribution in [0.3, 0.4) is 0 Å². The Morgan fingerprint density at radius 1 is 1.24 bits per heavy atom. The molecule has 1 fully saturated rings. The Hall–Kier alpha value is -1.02. The Bertz CT molecular complexity index is 488. The van der Waals surface area contributed by atoms with E-state index in [-0.39, 0.29) is 5.60 Å². The van der Waals surface area contributed by atoms with Gasteiger partial charge in [0.25, 0.3) is 0 Å². The molecule has 1 N–H and O–H groups in total. The topological polar surface area (TPSA) is 21.3 Å². The van der Waals surface area contributed by atoms with Gasteiger partial charge >= 0.3 is 0 Å². The minimum Gasteiger partial charge on any atom is -0.487 e. The van der Waals surface area contributed by atoms with Crippen LogP contribution in [0.5, 0.6) is 5.75 Å². The second-order valence-corrected chi connectivity index (χ2v) is 7.34. The molecule has 1 heterocycles. The first-order chi connectivity index (χ1) is 10.1. The van der Waals surface area contributed by atoms with Crippen molar-refractivity contribution in [2.45, 2.75) is 70.9 Å². The zero-order valence-corrected chi connectivity index (χ0v) is 13.7. The molecule has 1 aromatic rings. The molecule has 0 amide bonds. The van der Waals surface area contributed by atoms with Crippen molar-refractivity contribution < 1.29 is 4.74 Å². The lowest BCUT2D eigenvalue weighted by Gasteiger charge is -2.31. The standard InChI is InChI=1S/C19H29NO/c1-4-20-18(14-8-6-5-7-9-14)15-10-11-17-16(12-15)13-19(2,3)21-17/h10-12,14,18,20H,4-9,13H2,1-3H3. The monoisotopic (exact) mass is 287 g/mol. The average Bonchev–Trinajstić information content (AvgIpc) is 2.78. The van der Waals surface area contributed by atoms with Crippen molar-refractivity contribution in [2.24, 2.45) is 5.92 Å². The zero-order valence-electron chi connectivity index (χ0n) is 13.7. The fourth-order valence-electron chi connectivity index (χ4n) is 4.07. The van der Waals surface area contributed by atoms with Crippen LogP contribution in [0.1, 0.15) is 70.0 Å². The molecule has 1 saturated carbocycles. The van der Waals surface area contributed by atoms with Gasteiger partial charge in [0, 0.05) is 12.5 Å². The zero-order chi connectivity index (χ0) is 14.9. The Kier molecular flexibility index (Phi) is 4.26. The highest BCUT2D eigenvalue weighted by Gasteiger charge is 2.31. The molecule has 1 aliphatic heterocycles. The van der Waals surface area contributed by atoms with E-state index in [0.29, 0.717) is 6.04 Å². The van der Waals surface area contributed by atoms with Crippen molar-refractivity contribution in [3.63, 3.8) is 0 Å². The molecule has 1 aromatic carbocycles. The molecule has 0 aromatic heterocycles. The van der Waals surface area contributed by atoms with Crippen LogP contribution in [0.15, 0.2) is 18.2 Å². The van der Waals surface area contributed by atoms with Crippen LogP contribution in [0.2, 0.25) is 0 Å². The molecule has 0 spiro atoms. The lowest BCUT2D eigenvalue weighted by Crippen LogP contribution is -2.29. The van der Waals surface area contributed by atoms with E-state index in [1.54, 1.807) is 0 Å². The van der Waals surface area contributed by atoms with Crippen LogP contribution in [0, 0.1) is 5.92 Å². The second-order valence-electron chi connectivity index (χ2n) is 7.34. The molecule has 3 rings (SSSR count). The third-order valence-corrected chi connectivity index (χ3v) is 4.99. The molecule has 2 heteroatoms. The minimum atomic E-state index is -0.0422. The Morgan fingerprint density at radius 3 is 2.71 bits per heavy atom. The molecular weight excluding hydrogens is 258 g/mol. The Morgan fingerprint density at radius 2 is 2.00 bits per heavy atom. The first-order valence-electron chi connectivity index (χ1n) is 8.64. The first-order valence-corrected chi connectivity index (χ1v) is 8.64. The maximum absolute atomic E-state index is 6.01. The quantitative estimate of drug-likeness (QED) is 0.871. The van der Waals surface area contributed by atoms with E-state index in [1.165, 1.54) is 43.2 Å². The van der Waals surface area contributed by atoms with Gasteiger partial charge in [0.1, 0.15) is 11.4 Å². The maximum atomic E-state index is 6.01. The van der Waals surface area contributed by atoms with Crippen molar-refractivity contribution in [3.8, 4) is 5.75 Å². The number of rotatable bonds is 4. The average molecular weight is 287 g/mol. The van der Waals surface area contributed by atoms with Crippen LogP contribution in [-0.2, 0) is 6.42 Å². The molecule has 116 valence electrons. The largest absolute Gasteiger partial charge is 0.487 e. The van der Waals surface area contributed by atoms with E-state index in [1.807, 2.05) is 0 Å².